The Bertz CT molecular complexity index is 309. The maximum Gasteiger partial charge on any atom is 0.362 e. The number of methoxy groups -OCH3 is 1. The molecule has 70 valence electrons. The number of hydrogen-bond donors (Lipinski definition) is 0. The lowest BCUT2D eigenvalue weighted by molar-refractivity contribution is -0.132. The zero-order chi connectivity index (χ0) is 9.68. The fraction of sp³-hybridized carbons (Fsp3) is 0.333. The largest absolute Gasteiger partial charge is 0.464 e. The van der Waals surface area contributed by atoms with Gasteiger partial charge in [0.05, 0.1) is 25.0 Å². The van der Waals surface area contributed by atoms with Crippen LogP contribution in [-0.4, -0.2) is 34.6 Å². The van der Waals surface area contributed by atoms with Gasteiger partial charge >= 0.3 is 5.97 Å². The number of oxime groups is 1. The van der Waals surface area contributed by atoms with Gasteiger partial charge in [-0.1, -0.05) is 5.16 Å². The molecule has 6 nitrogen and oxygen atoms in total. The lowest BCUT2D eigenvalue weighted by Gasteiger charge is -1.98. The summed E-state index contributed by atoms with van der Waals surface area (Å²) in [7, 11) is 2.59. The first-order valence-corrected chi connectivity index (χ1v) is 4.00. The van der Waals surface area contributed by atoms with E-state index in [9.17, 15) is 4.79 Å². The van der Waals surface area contributed by atoms with Gasteiger partial charge in [-0.15, -0.1) is 0 Å². The number of aromatic nitrogens is 2. The van der Waals surface area contributed by atoms with Crippen molar-refractivity contribution >= 4 is 23.4 Å². The lowest BCUT2D eigenvalue weighted by Crippen LogP contribution is -2.17. The van der Waals surface area contributed by atoms with E-state index in [0.29, 0.717) is 5.69 Å². The molecule has 0 saturated heterocycles. The second-order valence-corrected chi connectivity index (χ2v) is 2.46. The Kier molecular flexibility index (Phi) is 3.32. The molecule has 0 radical (unpaired) electrons. The summed E-state index contributed by atoms with van der Waals surface area (Å²) in [5.74, 6) is -0.602. The number of carbonyl (C=O) groups excluding carboxylic acids is 1. The molecule has 0 aliphatic rings. The van der Waals surface area contributed by atoms with Crippen LogP contribution < -0.4 is 0 Å². The van der Waals surface area contributed by atoms with Gasteiger partial charge in [0.25, 0.3) is 0 Å². The number of hydrogen-bond acceptors (Lipinski definition) is 7. The molecule has 0 bridgehead atoms. The molecule has 0 spiro atoms. The van der Waals surface area contributed by atoms with E-state index in [1.165, 1.54) is 20.4 Å². The first kappa shape index (κ1) is 9.59. The van der Waals surface area contributed by atoms with Crippen molar-refractivity contribution in [1.82, 2.24) is 8.75 Å². The molecule has 0 aromatic carbocycles. The molecule has 0 aliphatic heterocycles. The van der Waals surface area contributed by atoms with Gasteiger partial charge in [0.15, 0.2) is 0 Å². The van der Waals surface area contributed by atoms with Gasteiger partial charge in [0, 0.05) is 0 Å². The minimum absolute atomic E-state index is 0.0127. The Morgan fingerprint density at radius 1 is 1.62 bits per heavy atom. The molecule has 0 aliphatic carbocycles. The van der Waals surface area contributed by atoms with Crippen molar-refractivity contribution in [3.63, 3.8) is 0 Å². The summed E-state index contributed by atoms with van der Waals surface area (Å²) >= 11 is 0.978. The second-order valence-electron chi connectivity index (χ2n) is 1.91. The third-order valence-corrected chi connectivity index (χ3v) is 1.64. The first-order chi connectivity index (χ1) is 6.29. The number of esters is 1. The van der Waals surface area contributed by atoms with Gasteiger partial charge in [0.2, 0.25) is 5.71 Å². The van der Waals surface area contributed by atoms with Crippen LogP contribution >= 0.6 is 11.7 Å². The quantitative estimate of drug-likeness (QED) is 0.393. The van der Waals surface area contributed by atoms with Gasteiger partial charge in [-0.25, -0.2) is 4.79 Å². The highest BCUT2D eigenvalue weighted by atomic mass is 32.1. The predicted molar refractivity (Wildman–Crippen MR) is 45.5 cm³/mol. The Morgan fingerprint density at radius 3 is 2.85 bits per heavy atom. The van der Waals surface area contributed by atoms with Gasteiger partial charge in [-0.05, 0) is 0 Å². The van der Waals surface area contributed by atoms with E-state index < -0.39 is 5.97 Å². The van der Waals surface area contributed by atoms with Crippen LogP contribution in [0.1, 0.15) is 5.69 Å². The van der Waals surface area contributed by atoms with Crippen LogP contribution in [0.4, 0.5) is 0 Å². The summed E-state index contributed by atoms with van der Waals surface area (Å²) in [4.78, 5) is 15.6. The van der Waals surface area contributed by atoms with Crippen molar-refractivity contribution in [3.05, 3.63) is 11.9 Å². The molecule has 1 heterocycles. The van der Waals surface area contributed by atoms with E-state index in [1.807, 2.05) is 0 Å². The molecular formula is C6H7N3O3S. The topological polar surface area (TPSA) is 73.7 Å². The molecule has 13 heavy (non-hydrogen) atoms. The predicted octanol–water partition coefficient (Wildman–Crippen LogP) is 0.0616. The zero-order valence-electron chi connectivity index (χ0n) is 7.05. The van der Waals surface area contributed by atoms with Crippen LogP contribution in [0.5, 0.6) is 0 Å². The van der Waals surface area contributed by atoms with E-state index in [1.54, 1.807) is 0 Å². The summed E-state index contributed by atoms with van der Waals surface area (Å²) in [5.41, 5.74) is 0.359. The Labute approximate surface area is 78.5 Å². The van der Waals surface area contributed by atoms with Crippen LogP contribution in [0.2, 0.25) is 0 Å². The van der Waals surface area contributed by atoms with Crippen LogP contribution in [0, 0.1) is 0 Å². The molecule has 0 N–H and O–H groups in total. The van der Waals surface area contributed by atoms with Crippen LogP contribution in [0.25, 0.3) is 0 Å². The molecule has 1 aromatic heterocycles. The highest BCUT2D eigenvalue weighted by molar-refractivity contribution is 6.99. The van der Waals surface area contributed by atoms with Crippen molar-refractivity contribution in [2.45, 2.75) is 0 Å². The van der Waals surface area contributed by atoms with Crippen molar-refractivity contribution in [3.8, 4) is 0 Å². The summed E-state index contributed by atoms with van der Waals surface area (Å²) in [6.45, 7) is 0. The molecule has 0 fully saturated rings. The third kappa shape index (κ3) is 2.22. The minimum Gasteiger partial charge on any atom is -0.464 e. The normalized spacial score (nSPS) is 11.1. The summed E-state index contributed by atoms with van der Waals surface area (Å²) < 4.78 is 12.0. The zero-order valence-corrected chi connectivity index (χ0v) is 7.87. The van der Waals surface area contributed by atoms with Crippen LogP contribution in [0.3, 0.4) is 0 Å². The smallest absolute Gasteiger partial charge is 0.362 e. The van der Waals surface area contributed by atoms with Gasteiger partial charge < -0.3 is 9.57 Å². The standard InChI is InChI=1S/C6H7N3O3S/c1-11-6(10)5(8-12-2)4-3-7-13-9-4/h3H,1-2H3. The van der Waals surface area contributed by atoms with Crippen LogP contribution in [-0.2, 0) is 14.4 Å². The molecule has 1 aromatic rings. The van der Waals surface area contributed by atoms with Crippen molar-refractivity contribution in [2.75, 3.05) is 14.2 Å². The van der Waals surface area contributed by atoms with E-state index in [0.717, 1.165) is 11.7 Å². The molecule has 0 atom stereocenters. The van der Waals surface area contributed by atoms with Crippen molar-refractivity contribution in [1.29, 1.82) is 0 Å². The third-order valence-electron chi connectivity index (χ3n) is 1.17. The second kappa shape index (κ2) is 4.51. The van der Waals surface area contributed by atoms with Gasteiger partial charge in [-0.3, -0.25) is 0 Å². The van der Waals surface area contributed by atoms with E-state index in [4.69, 9.17) is 0 Å². The van der Waals surface area contributed by atoms with E-state index in [2.05, 4.69) is 23.5 Å². The number of rotatable bonds is 3. The van der Waals surface area contributed by atoms with E-state index in [-0.39, 0.29) is 5.71 Å². The maximum atomic E-state index is 11.1. The highest BCUT2D eigenvalue weighted by Gasteiger charge is 2.17. The summed E-state index contributed by atoms with van der Waals surface area (Å²) in [5, 5.41) is 3.48. The molecular weight excluding hydrogens is 194 g/mol. The number of carbonyl (C=O) groups is 1. The Morgan fingerprint density at radius 2 is 2.38 bits per heavy atom. The summed E-state index contributed by atoms with van der Waals surface area (Å²) in [6.07, 6.45) is 1.42. The maximum absolute atomic E-state index is 11.1. The summed E-state index contributed by atoms with van der Waals surface area (Å²) in [6, 6.07) is 0. The van der Waals surface area contributed by atoms with E-state index >= 15 is 0 Å². The highest BCUT2D eigenvalue weighted by Crippen LogP contribution is 2.00. The average Bonchev–Trinajstić information content (AvgIpc) is 2.65. The Hall–Kier alpha value is -1.50. The molecule has 0 unspecified atom stereocenters. The fourth-order valence-electron chi connectivity index (χ4n) is 0.646. The number of nitrogens with zero attached hydrogens (tertiary/aromatic N) is 3. The van der Waals surface area contributed by atoms with Crippen molar-refractivity contribution in [2.24, 2.45) is 5.16 Å². The SMILES string of the molecule is CON=C(C(=O)OC)c1cnsn1. The first-order valence-electron chi connectivity index (χ1n) is 3.27. The monoisotopic (exact) mass is 201 g/mol. The number of ether oxygens (including phenoxy) is 1. The Balaban J connectivity index is 2.94. The lowest BCUT2D eigenvalue weighted by atomic mass is 10.3. The van der Waals surface area contributed by atoms with Crippen molar-refractivity contribution < 1.29 is 14.4 Å². The average molecular weight is 201 g/mol. The molecule has 0 saturated carbocycles. The minimum atomic E-state index is -0.602. The molecule has 1 rings (SSSR count). The molecule has 0 amide bonds. The van der Waals surface area contributed by atoms with Crippen LogP contribution in [0.15, 0.2) is 11.4 Å². The van der Waals surface area contributed by atoms with Gasteiger partial charge in [-0.2, -0.15) is 8.75 Å². The molecule has 7 heteroatoms. The van der Waals surface area contributed by atoms with Gasteiger partial charge in [0.1, 0.15) is 12.8 Å². The fourth-order valence-corrected chi connectivity index (χ4v) is 1.06.